The number of anilines is 1. The third kappa shape index (κ3) is 3.04. The lowest BCUT2D eigenvalue weighted by molar-refractivity contribution is 0.0947. The van der Waals surface area contributed by atoms with Crippen LogP contribution in [0.15, 0.2) is 30.5 Å². The van der Waals surface area contributed by atoms with E-state index in [2.05, 4.69) is 10.4 Å². The molecule has 0 aliphatic carbocycles. The summed E-state index contributed by atoms with van der Waals surface area (Å²) < 4.78 is 6.83. The highest BCUT2D eigenvalue weighted by atomic mass is 16.5. The third-order valence-corrected chi connectivity index (χ3v) is 2.67. The van der Waals surface area contributed by atoms with Gasteiger partial charge in [-0.25, -0.2) is 0 Å². The average Bonchev–Trinajstić information content (AvgIpc) is 2.81. The molecule has 100 valence electrons. The zero-order chi connectivity index (χ0) is 13.8. The standard InChI is InChI=1S/C13H16N4O2/c1-17-6-5-10(16-17)8-15-13(18)11-4-3-9(14)7-12(11)19-2/h3-7H,8,14H2,1-2H3,(H,15,18). The topological polar surface area (TPSA) is 82.2 Å². The van der Waals surface area contributed by atoms with Gasteiger partial charge in [-0.2, -0.15) is 5.10 Å². The fourth-order valence-electron chi connectivity index (χ4n) is 1.72. The summed E-state index contributed by atoms with van der Waals surface area (Å²) in [4.78, 5) is 12.0. The van der Waals surface area contributed by atoms with Crippen LogP contribution in [-0.2, 0) is 13.6 Å². The first kappa shape index (κ1) is 12.9. The summed E-state index contributed by atoms with van der Waals surface area (Å²) >= 11 is 0. The van der Waals surface area contributed by atoms with Crippen LogP contribution in [0.2, 0.25) is 0 Å². The SMILES string of the molecule is COc1cc(N)ccc1C(=O)NCc1ccn(C)n1. The quantitative estimate of drug-likeness (QED) is 0.801. The van der Waals surface area contributed by atoms with Crippen LogP contribution >= 0.6 is 0 Å². The van der Waals surface area contributed by atoms with E-state index in [1.165, 1.54) is 7.11 Å². The lowest BCUT2D eigenvalue weighted by atomic mass is 10.1. The average molecular weight is 260 g/mol. The Morgan fingerprint density at radius 3 is 2.89 bits per heavy atom. The number of carbonyl (C=O) groups is 1. The zero-order valence-electron chi connectivity index (χ0n) is 10.9. The van der Waals surface area contributed by atoms with Crippen molar-refractivity contribution in [2.45, 2.75) is 6.54 Å². The fraction of sp³-hybridized carbons (Fsp3) is 0.231. The molecule has 1 aromatic carbocycles. The number of nitrogens with two attached hydrogens (primary N) is 1. The number of nitrogens with zero attached hydrogens (tertiary/aromatic N) is 2. The molecule has 3 N–H and O–H groups in total. The zero-order valence-corrected chi connectivity index (χ0v) is 10.9. The number of hydrogen-bond donors (Lipinski definition) is 2. The van der Waals surface area contributed by atoms with E-state index in [-0.39, 0.29) is 5.91 Å². The van der Waals surface area contributed by atoms with E-state index in [1.807, 2.05) is 19.3 Å². The van der Waals surface area contributed by atoms with Gasteiger partial charge in [0.25, 0.3) is 5.91 Å². The predicted octanol–water partition coefficient (Wildman–Crippen LogP) is 0.941. The highest BCUT2D eigenvalue weighted by Gasteiger charge is 2.12. The second kappa shape index (κ2) is 5.43. The van der Waals surface area contributed by atoms with E-state index in [1.54, 1.807) is 22.9 Å². The highest BCUT2D eigenvalue weighted by Crippen LogP contribution is 2.21. The van der Waals surface area contributed by atoms with Crippen LogP contribution in [0.25, 0.3) is 0 Å². The molecule has 0 unspecified atom stereocenters. The van der Waals surface area contributed by atoms with Gasteiger partial charge in [0.1, 0.15) is 5.75 Å². The number of nitrogen functional groups attached to an aromatic ring is 1. The molecule has 0 fully saturated rings. The van der Waals surface area contributed by atoms with Gasteiger partial charge in [0.05, 0.1) is 24.9 Å². The van der Waals surface area contributed by atoms with Gasteiger partial charge in [0.15, 0.2) is 0 Å². The summed E-state index contributed by atoms with van der Waals surface area (Å²) in [6, 6.07) is 6.77. The number of carbonyl (C=O) groups excluding carboxylic acids is 1. The molecule has 0 spiro atoms. The Morgan fingerprint density at radius 1 is 1.47 bits per heavy atom. The molecule has 1 aromatic heterocycles. The molecular weight excluding hydrogens is 244 g/mol. The number of aryl methyl sites for hydroxylation is 1. The third-order valence-electron chi connectivity index (χ3n) is 2.67. The summed E-state index contributed by atoms with van der Waals surface area (Å²) in [5, 5.41) is 6.97. The predicted molar refractivity (Wildman–Crippen MR) is 71.8 cm³/mol. The lowest BCUT2D eigenvalue weighted by Crippen LogP contribution is -2.23. The molecule has 0 bridgehead atoms. The molecule has 1 heterocycles. The van der Waals surface area contributed by atoms with Gasteiger partial charge in [0.2, 0.25) is 0 Å². The molecule has 2 aromatic rings. The number of amides is 1. The molecule has 6 heteroatoms. The first-order valence-electron chi connectivity index (χ1n) is 5.80. The molecule has 0 radical (unpaired) electrons. The first-order valence-corrected chi connectivity index (χ1v) is 5.80. The molecule has 6 nitrogen and oxygen atoms in total. The van der Waals surface area contributed by atoms with Crippen LogP contribution in [0, 0.1) is 0 Å². The van der Waals surface area contributed by atoms with Crippen molar-refractivity contribution in [2.24, 2.45) is 7.05 Å². The summed E-state index contributed by atoms with van der Waals surface area (Å²) in [7, 11) is 3.33. The minimum atomic E-state index is -0.220. The van der Waals surface area contributed by atoms with Crippen molar-refractivity contribution in [1.82, 2.24) is 15.1 Å². The van der Waals surface area contributed by atoms with Crippen molar-refractivity contribution < 1.29 is 9.53 Å². The van der Waals surface area contributed by atoms with E-state index in [4.69, 9.17) is 10.5 Å². The van der Waals surface area contributed by atoms with Crippen LogP contribution in [0.1, 0.15) is 16.1 Å². The fourth-order valence-corrected chi connectivity index (χ4v) is 1.72. The maximum atomic E-state index is 12.0. The Morgan fingerprint density at radius 2 is 2.26 bits per heavy atom. The van der Waals surface area contributed by atoms with Gasteiger partial charge < -0.3 is 15.8 Å². The van der Waals surface area contributed by atoms with E-state index in [0.29, 0.717) is 23.5 Å². The van der Waals surface area contributed by atoms with E-state index >= 15 is 0 Å². The minimum absolute atomic E-state index is 0.220. The molecule has 1 amide bonds. The van der Waals surface area contributed by atoms with Gasteiger partial charge in [-0.1, -0.05) is 0 Å². The van der Waals surface area contributed by atoms with Gasteiger partial charge in [-0.05, 0) is 18.2 Å². The van der Waals surface area contributed by atoms with Gasteiger partial charge in [0, 0.05) is 25.0 Å². The Bertz CT molecular complexity index is 592. The van der Waals surface area contributed by atoms with Gasteiger partial charge in [-0.3, -0.25) is 9.48 Å². The number of methoxy groups -OCH3 is 1. The Labute approximate surface area is 111 Å². The number of aromatic nitrogens is 2. The van der Waals surface area contributed by atoms with E-state index in [9.17, 15) is 4.79 Å². The molecule has 2 rings (SSSR count). The second-order valence-corrected chi connectivity index (χ2v) is 4.12. The van der Waals surface area contributed by atoms with Crippen molar-refractivity contribution >= 4 is 11.6 Å². The number of hydrogen-bond acceptors (Lipinski definition) is 4. The van der Waals surface area contributed by atoms with Crippen molar-refractivity contribution in [3.8, 4) is 5.75 Å². The second-order valence-electron chi connectivity index (χ2n) is 4.12. The summed E-state index contributed by atoms with van der Waals surface area (Å²) in [5.41, 5.74) is 7.45. The van der Waals surface area contributed by atoms with Crippen LogP contribution < -0.4 is 15.8 Å². The van der Waals surface area contributed by atoms with Crippen LogP contribution in [-0.4, -0.2) is 22.8 Å². The molecule has 0 aliphatic heterocycles. The normalized spacial score (nSPS) is 10.2. The number of nitrogens with one attached hydrogen (secondary N) is 1. The Balaban J connectivity index is 2.07. The largest absolute Gasteiger partial charge is 0.496 e. The molecule has 0 aliphatic rings. The smallest absolute Gasteiger partial charge is 0.255 e. The van der Waals surface area contributed by atoms with E-state index < -0.39 is 0 Å². The van der Waals surface area contributed by atoms with Crippen molar-refractivity contribution in [3.63, 3.8) is 0 Å². The molecule has 0 saturated heterocycles. The molecular formula is C13H16N4O2. The number of rotatable bonds is 4. The van der Waals surface area contributed by atoms with Gasteiger partial charge >= 0.3 is 0 Å². The van der Waals surface area contributed by atoms with Crippen molar-refractivity contribution in [3.05, 3.63) is 41.7 Å². The van der Waals surface area contributed by atoms with Crippen LogP contribution in [0.3, 0.4) is 0 Å². The Hall–Kier alpha value is -2.50. The van der Waals surface area contributed by atoms with Crippen LogP contribution in [0.4, 0.5) is 5.69 Å². The summed E-state index contributed by atoms with van der Waals surface area (Å²) in [6.07, 6.45) is 1.82. The van der Waals surface area contributed by atoms with E-state index in [0.717, 1.165) is 5.69 Å². The summed E-state index contributed by atoms with van der Waals surface area (Å²) in [6.45, 7) is 0.368. The summed E-state index contributed by atoms with van der Waals surface area (Å²) in [5.74, 6) is 0.237. The maximum Gasteiger partial charge on any atom is 0.255 e. The monoisotopic (exact) mass is 260 g/mol. The van der Waals surface area contributed by atoms with Crippen molar-refractivity contribution in [1.29, 1.82) is 0 Å². The number of ether oxygens (including phenoxy) is 1. The van der Waals surface area contributed by atoms with Gasteiger partial charge in [-0.15, -0.1) is 0 Å². The first-order chi connectivity index (χ1) is 9.10. The van der Waals surface area contributed by atoms with Crippen molar-refractivity contribution in [2.75, 3.05) is 12.8 Å². The van der Waals surface area contributed by atoms with Crippen LogP contribution in [0.5, 0.6) is 5.75 Å². The highest BCUT2D eigenvalue weighted by molar-refractivity contribution is 5.97. The lowest BCUT2D eigenvalue weighted by Gasteiger charge is -2.09. The number of benzene rings is 1. The Kier molecular flexibility index (Phi) is 3.70. The maximum absolute atomic E-state index is 12.0. The molecule has 0 saturated carbocycles. The molecule has 0 atom stereocenters. The molecule has 19 heavy (non-hydrogen) atoms. The minimum Gasteiger partial charge on any atom is -0.496 e.